The minimum absolute atomic E-state index is 0.206. The molecular formula is C12H15ClN2O. The quantitative estimate of drug-likeness (QED) is 0.759. The van der Waals surface area contributed by atoms with Crippen LogP contribution in [0.1, 0.15) is 19.3 Å². The molecule has 0 saturated carbocycles. The molecule has 1 aliphatic rings. The molecule has 0 spiro atoms. The SMILES string of the molecule is O=C(Cl)CC1CCN(c2ccncc2)CC1. The van der Waals surface area contributed by atoms with Gasteiger partial charge in [-0.05, 0) is 42.5 Å². The van der Waals surface area contributed by atoms with Crippen molar-refractivity contribution in [3.05, 3.63) is 24.5 Å². The van der Waals surface area contributed by atoms with Gasteiger partial charge < -0.3 is 4.90 Å². The van der Waals surface area contributed by atoms with Crippen LogP contribution in [0.4, 0.5) is 5.69 Å². The van der Waals surface area contributed by atoms with E-state index >= 15 is 0 Å². The minimum atomic E-state index is -0.206. The smallest absolute Gasteiger partial charge is 0.221 e. The van der Waals surface area contributed by atoms with Gasteiger partial charge >= 0.3 is 0 Å². The van der Waals surface area contributed by atoms with E-state index < -0.39 is 0 Å². The number of halogens is 1. The summed E-state index contributed by atoms with van der Waals surface area (Å²) in [6, 6.07) is 4.04. The highest BCUT2D eigenvalue weighted by Gasteiger charge is 2.20. The fraction of sp³-hybridized carbons (Fsp3) is 0.500. The molecule has 2 heterocycles. The third kappa shape index (κ3) is 2.95. The van der Waals surface area contributed by atoms with Crippen LogP contribution in [-0.4, -0.2) is 23.3 Å². The van der Waals surface area contributed by atoms with Crippen molar-refractivity contribution in [2.45, 2.75) is 19.3 Å². The molecule has 3 nitrogen and oxygen atoms in total. The lowest BCUT2D eigenvalue weighted by Crippen LogP contribution is -2.34. The van der Waals surface area contributed by atoms with Crippen LogP contribution in [0.5, 0.6) is 0 Å². The van der Waals surface area contributed by atoms with Gasteiger partial charge in [-0.25, -0.2) is 0 Å². The number of carbonyl (C=O) groups excluding carboxylic acids is 1. The van der Waals surface area contributed by atoms with Crippen LogP contribution >= 0.6 is 11.6 Å². The van der Waals surface area contributed by atoms with Gasteiger partial charge in [-0.3, -0.25) is 9.78 Å². The van der Waals surface area contributed by atoms with Crippen molar-refractivity contribution in [2.24, 2.45) is 5.92 Å². The third-order valence-electron chi connectivity index (χ3n) is 3.09. The topological polar surface area (TPSA) is 33.2 Å². The van der Waals surface area contributed by atoms with E-state index in [4.69, 9.17) is 11.6 Å². The van der Waals surface area contributed by atoms with Crippen LogP contribution in [0.2, 0.25) is 0 Å². The van der Waals surface area contributed by atoms with Crippen molar-refractivity contribution >= 4 is 22.5 Å². The first kappa shape index (κ1) is 11.4. The van der Waals surface area contributed by atoms with Crippen molar-refractivity contribution in [3.8, 4) is 0 Å². The van der Waals surface area contributed by atoms with E-state index in [0.29, 0.717) is 12.3 Å². The van der Waals surface area contributed by atoms with Crippen molar-refractivity contribution < 1.29 is 4.79 Å². The summed E-state index contributed by atoms with van der Waals surface area (Å²) in [5.74, 6) is 0.461. The number of rotatable bonds is 3. The van der Waals surface area contributed by atoms with E-state index in [1.54, 1.807) is 0 Å². The van der Waals surface area contributed by atoms with E-state index in [0.717, 1.165) is 25.9 Å². The third-order valence-corrected chi connectivity index (χ3v) is 3.25. The van der Waals surface area contributed by atoms with E-state index in [1.807, 2.05) is 24.5 Å². The summed E-state index contributed by atoms with van der Waals surface area (Å²) in [5, 5.41) is -0.206. The standard InChI is InChI=1S/C12H15ClN2O/c13-12(16)9-10-3-7-15(8-4-10)11-1-5-14-6-2-11/h1-2,5-6,10H,3-4,7-9H2. The average molecular weight is 239 g/mol. The summed E-state index contributed by atoms with van der Waals surface area (Å²) in [5.41, 5.74) is 1.21. The van der Waals surface area contributed by atoms with Gasteiger partial charge in [0.05, 0.1) is 0 Å². The second kappa shape index (κ2) is 5.30. The normalized spacial score (nSPS) is 17.4. The summed E-state index contributed by atoms with van der Waals surface area (Å²) in [6.45, 7) is 2.00. The molecule has 86 valence electrons. The second-order valence-corrected chi connectivity index (χ2v) is 4.62. The van der Waals surface area contributed by atoms with Gasteiger partial charge in [-0.1, -0.05) is 0 Å². The van der Waals surface area contributed by atoms with Crippen LogP contribution in [0.25, 0.3) is 0 Å². The van der Waals surface area contributed by atoms with Crippen LogP contribution in [-0.2, 0) is 4.79 Å². The predicted molar refractivity (Wildman–Crippen MR) is 64.7 cm³/mol. The summed E-state index contributed by atoms with van der Waals surface area (Å²) in [4.78, 5) is 17.1. The molecule has 1 aliphatic heterocycles. The Bertz CT molecular complexity index is 347. The first-order valence-electron chi connectivity index (χ1n) is 5.59. The molecule has 2 rings (SSSR count). The Morgan fingerprint density at radius 1 is 1.38 bits per heavy atom. The highest BCUT2D eigenvalue weighted by atomic mass is 35.5. The lowest BCUT2D eigenvalue weighted by atomic mass is 9.94. The average Bonchev–Trinajstić information content (AvgIpc) is 2.30. The molecule has 0 aliphatic carbocycles. The number of hydrogen-bond donors (Lipinski definition) is 0. The zero-order chi connectivity index (χ0) is 11.4. The fourth-order valence-corrected chi connectivity index (χ4v) is 2.40. The number of anilines is 1. The zero-order valence-corrected chi connectivity index (χ0v) is 9.86. The summed E-state index contributed by atoms with van der Waals surface area (Å²) in [6.07, 6.45) is 6.22. The molecule has 16 heavy (non-hydrogen) atoms. The Labute approximate surface area is 100 Å². The first-order chi connectivity index (χ1) is 7.75. The molecule has 0 amide bonds. The van der Waals surface area contributed by atoms with E-state index in [9.17, 15) is 4.79 Å². The lowest BCUT2D eigenvalue weighted by Gasteiger charge is -2.33. The molecule has 0 N–H and O–H groups in total. The van der Waals surface area contributed by atoms with Gasteiger partial charge in [0.1, 0.15) is 0 Å². The molecule has 1 saturated heterocycles. The number of aromatic nitrogens is 1. The maximum Gasteiger partial charge on any atom is 0.221 e. The van der Waals surface area contributed by atoms with Gasteiger partial charge in [-0.2, -0.15) is 0 Å². The molecular weight excluding hydrogens is 224 g/mol. The summed E-state index contributed by atoms with van der Waals surface area (Å²) < 4.78 is 0. The van der Waals surface area contributed by atoms with Crippen molar-refractivity contribution in [3.63, 3.8) is 0 Å². The van der Waals surface area contributed by atoms with Crippen LogP contribution < -0.4 is 4.90 Å². The number of nitrogens with zero attached hydrogens (tertiary/aromatic N) is 2. The Morgan fingerprint density at radius 3 is 2.56 bits per heavy atom. The molecule has 0 aromatic carbocycles. The highest BCUT2D eigenvalue weighted by Crippen LogP contribution is 2.25. The van der Waals surface area contributed by atoms with Gasteiger partial charge in [0.2, 0.25) is 5.24 Å². The minimum Gasteiger partial charge on any atom is -0.371 e. The maximum absolute atomic E-state index is 10.8. The number of piperidine rings is 1. The Balaban J connectivity index is 1.88. The largest absolute Gasteiger partial charge is 0.371 e. The van der Waals surface area contributed by atoms with Crippen LogP contribution in [0.15, 0.2) is 24.5 Å². The number of hydrogen-bond acceptors (Lipinski definition) is 3. The lowest BCUT2D eigenvalue weighted by molar-refractivity contribution is -0.112. The first-order valence-corrected chi connectivity index (χ1v) is 5.97. The van der Waals surface area contributed by atoms with Gasteiger partial charge in [0.25, 0.3) is 0 Å². The molecule has 1 aromatic heterocycles. The van der Waals surface area contributed by atoms with E-state index in [-0.39, 0.29) is 5.24 Å². The molecule has 0 radical (unpaired) electrons. The molecule has 0 atom stereocenters. The molecule has 4 heteroatoms. The maximum atomic E-state index is 10.8. The Morgan fingerprint density at radius 2 is 2.00 bits per heavy atom. The Hall–Kier alpha value is -1.09. The van der Waals surface area contributed by atoms with Crippen molar-refractivity contribution in [1.82, 2.24) is 4.98 Å². The number of pyridine rings is 1. The van der Waals surface area contributed by atoms with E-state index in [2.05, 4.69) is 9.88 Å². The summed E-state index contributed by atoms with van der Waals surface area (Å²) >= 11 is 5.40. The second-order valence-electron chi connectivity index (χ2n) is 4.20. The zero-order valence-electron chi connectivity index (χ0n) is 9.10. The monoisotopic (exact) mass is 238 g/mol. The van der Waals surface area contributed by atoms with Crippen molar-refractivity contribution in [2.75, 3.05) is 18.0 Å². The number of carbonyl (C=O) groups is 1. The van der Waals surface area contributed by atoms with Crippen LogP contribution in [0.3, 0.4) is 0 Å². The van der Waals surface area contributed by atoms with E-state index in [1.165, 1.54) is 5.69 Å². The fourth-order valence-electron chi connectivity index (χ4n) is 2.18. The predicted octanol–water partition coefficient (Wildman–Crippen LogP) is 2.45. The highest BCUT2D eigenvalue weighted by molar-refractivity contribution is 6.63. The molecule has 0 bridgehead atoms. The van der Waals surface area contributed by atoms with Crippen molar-refractivity contribution in [1.29, 1.82) is 0 Å². The van der Waals surface area contributed by atoms with Gasteiger partial charge in [-0.15, -0.1) is 0 Å². The molecule has 1 fully saturated rings. The molecule has 0 unspecified atom stereocenters. The molecule has 1 aromatic rings. The van der Waals surface area contributed by atoms with Gasteiger partial charge in [0.15, 0.2) is 0 Å². The van der Waals surface area contributed by atoms with Crippen LogP contribution in [0, 0.1) is 5.92 Å². The Kier molecular flexibility index (Phi) is 3.78. The van der Waals surface area contributed by atoms with Gasteiger partial charge in [0, 0.05) is 37.6 Å². The summed E-state index contributed by atoms with van der Waals surface area (Å²) in [7, 11) is 0.